The van der Waals surface area contributed by atoms with Crippen molar-refractivity contribution in [2.75, 3.05) is 12.8 Å². The van der Waals surface area contributed by atoms with Crippen LogP contribution in [0, 0.1) is 11.7 Å². The molecule has 0 aliphatic carbocycles. The Morgan fingerprint density at radius 2 is 2.10 bits per heavy atom. The number of benzene rings is 1. The highest BCUT2D eigenvalue weighted by molar-refractivity contribution is 7.99. The minimum atomic E-state index is -0.271. The van der Waals surface area contributed by atoms with Crippen LogP contribution in [0.2, 0.25) is 0 Å². The van der Waals surface area contributed by atoms with Crippen LogP contribution in [0.3, 0.4) is 0 Å². The van der Waals surface area contributed by atoms with Crippen molar-refractivity contribution in [1.29, 1.82) is 0 Å². The molecule has 5 heteroatoms. The van der Waals surface area contributed by atoms with Gasteiger partial charge in [-0.2, -0.15) is 11.8 Å². The van der Waals surface area contributed by atoms with Gasteiger partial charge in [-0.3, -0.25) is 10.1 Å². The standard InChI is InChI=1S/C16H23FN2OS/c1-10(2)14-16(20)19(9-11(3)21-4)15(18-14)12-6-5-7-13(17)8-12/h5-8,10-11,14-15,18H,9H2,1-4H3. The van der Waals surface area contributed by atoms with Crippen molar-refractivity contribution in [2.45, 2.75) is 38.2 Å². The summed E-state index contributed by atoms with van der Waals surface area (Å²) in [6, 6.07) is 6.29. The van der Waals surface area contributed by atoms with Gasteiger partial charge in [0, 0.05) is 11.8 Å². The number of nitrogens with zero attached hydrogens (tertiary/aromatic N) is 1. The molecule has 1 fully saturated rings. The summed E-state index contributed by atoms with van der Waals surface area (Å²) in [5.74, 6) is 0.0518. The fourth-order valence-corrected chi connectivity index (χ4v) is 2.92. The summed E-state index contributed by atoms with van der Waals surface area (Å²) in [5.41, 5.74) is 0.805. The largest absolute Gasteiger partial charge is 0.320 e. The zero-order chi connectivity index (χ0) is 15.6. The Labute approximate surface area is 130 Å². The van der Waals surface area contributed by atoms with Crippen LogP contribution in [0.15, 0.2) is 24.3 Å². The fourth-order valence-electron chi connectivity index (χ4n) is 2.61. The molecule has 3 unspecified atom stereocenters. The van der Waals surface area contributed by atoms with Crippen LogP contribution in [0.1, 0.15) is 32.5 Å². The minimum absolute atomic E-state index is 0.111. The molecule has 0 bridgehead atoms. The van der Waals surface area contributed by atoms with Crippen LogP contribution in [0.5, 0.6) is 0 Å². The molecule has 1 aliphatic rings. The molecule has 1 amide bonds. The molecule has 1 aromatic carbocycles. The van der Waals surface area contributed by atoms with Gasteiger partial charge in [0.2, 0.25) is 5.91 Å². The first-order chi connectivity index (χ1) is 9.93. The molecule has 3 atom stereocenters. The van der Waals surface area contributed by atoms with Crippen LogP contribution in [-0.4, -0.2) is 34.9 Å². The van der Waals surface area contributed by atoms with Crippen molar-refractivity contribution in [3.63, 3.8) is 0 Å². The van der Waals surface area contributed by atoms with Gasteiger partial charge in [0.25, 0.3) is 0 Å². The number of carbonyl (C=O) groups is 1. The van der Waals surface area contributed by atoms with E-state index in [0.29, 0.717) is 11.8 Å². The Kier molecular flexibility index (Phi) is 5.27. The lowest BCUT2D eigenvalue weighted by atomic mass is 10.1. The zero-order valence-corrected chi connectivity index (χ0v) is 13.8. The molecule has 1 aromatic rings. The SMILES string of the molecule is CSC(C)CN1C(=O)C(C(C)C)NC1c1cccc(F)c1. The molecule has 0 radical (unpaired) electrons. The summed E-state index contributed by atoms with van der Waals surface area (Å²) in [5, 5.41) is 3.71. The molecule has 1 heterocycles. The molecular weight excluding hydrogens is 287 g/mol. The molecule has 2 rings (SSSR count). The molecular formula is C16H23FN2OS. The summed E-state index contributed by atoms with van der Waals surface area (Å²) in [4.78, 5) is 14.5. The van der Waals surface area contributed by atoms with E-state index in [4.69, 9.17) is 0 Å². The monoisotopic (exact) mass is 310 g/mol. The average Bonchev–Trinajstić information content (AvgIpc) is 2.76. The van der Waals surface area contributed by atoms with Crippen molar-refractivity contribution in [3.8, 4) is 0 Å². The Balaban J connectivity index is 2.29. The van der Waals surface area contributed by atoms with E-state index >= 15 is 0 Å². The van der Waals surface area contributed by atoms with E-state index in [0.717, 1.165) is 5.56 Å². The van der Waals surface area contributed by atoms with Crippen LogP contribution in [0.4, 0.5) is 4.39 Å². The summed E-state index contributed by atoms with van der Waals surface area (Å²) in [6.45, 7) is 6.82. The van der Waals surface area contributed by atoms with Crippen LogP contribution >= 0.6 is 11.8 Å². The van der Waals surface area contributed by atoms with Crippen LogP contribution < -0.4 is 5.32 Å². The van der Waals surface area contributed by atoms with Gasteiger partial charge in [-0.15, -0.1) is 0 Å². The lowest BCUT2D eigenvalue weighted by molar-refractivity contribution is -0.130. The quantitative estimate of drug-likeness (QED) is 0.907. The minimum Gasteiger partial charge on any atom is -0.320 e. The lowest BCUT2D eigenvalue weighted by Gasteiger charge is -2.26. The first kappa shape index (κ1) is 16.3. The van der Waals surface area contributed by atoms with Crippen LogP contribution in [0.25, 0.3) is 0 Å². The molecule has 116 valence electrons. The Bertz CT molecular complexity index is 509. The number of carbonyl (C=O) groups excluding carboxylic acids is 1. The van der Waals surface area contributed by atoms with Gasteiger partial charge in [-0.25, -0.2) is 4.39 Å². The first-order valence-corrected chi connectivity index (χ1v) is 8.57. The predicted molar refractivity (Wildman–Crippen MR) is 85.6 cm³/mol. The maximum atomic E-state index is 13.5. The van der Waals surface area contributed by atoms with E-state index < -0.39 is 0 Å². The van der Waals surface area contributed by atoms with E-state index in [2.05, 4.69) is 12.2 Å². The van der Waals surface area contributed by atoms with Gasteiger partial charge in [0.1, 0.15) is 12.0 Å². The first-order valence-electron chi connectivity index (χ1n) is 7.28. The van der Waals surface area contributed by atoms with E-state index in [-0.39, 0.29) is 29.8 Å². The molecule has 0 aromatic heterocycles. The van der Waals surface area contributed by atoms with Crippen LogP contribution in [-0.2, 0) is 4.79 Å². The highest BCUT2D eigenvalue weighted by atomic mass is 32.2. The van der Waals surface area contributed by atoms with Crippen molar-refractivity contribution in [2.24, 2.45) is 5.92 Å². The Hall–Kier alpha value is -1.07. The highest BCUT2D eigenvalue weighted by Crippen LogP contribution is 2.29. The summed E-state index contributed by atoms with van der Waals surface area (Å²) >= 11 is 1.73. The number of thioether (sulfide) groups is 1. The Morgan fingerprint density at radius 1 is 1.38 bits per heavy atom. The fraction of sp³-hybridized carbons (Fsp3) is 0.562. The third-order valence-corrected chi connectivity index (χ3v) is 4.84. The number of hydrogen-bond acceptors (Lipinski definition) is 3. The summed E-state index contributed by atoms with van der Waals surface area (Å²) in [6.07, 6.45) is 1.80. The highest BCUT2D eigenvalue weighted by Gasteiger charge is 2.41. The number of nitrogens with one attached hydrogen (secondary N) is 1. The van der Waals surface area contributed by atoms with Gasteiger partial charge in [0.05, 0.1) is 6.04 Å². The van der Waals surface area contributed by atoms with E-state index in [1.807, 2.05) is 31.1 Å². The number of amides is 1. The van der Waals surface area contributed by atoms with Gasteiger partial charge < -0.3 is 4.90 Å². The second kappa shape index (κ2) is 6.79. The molecule has 0 spiro atoms. The third kappa shape index (κ3) is 3.58. The summed E-state index contributed by atoms with van der Waals surface area (Å²) in [7, 11) is 0. The van der Waals surface area contributed by atoms with E-state index in [9.17, 15) is 9.18 Å². The van der Waals surface area contributed by atoms with Gasteiger partial charge in [-0.05, 0) is 29.9 Å². The normalized spacial score (nSPS) is 23.9. The van der Waals surface area contributed by atoms with Crippen molar-refractivity contribution in [3.05, 3.63) is 35.6 Å². The topological polar surface area (TPSA) is 32.3 Å². The molecule has 1 N–H and O–H groups in total. The number of hydrogen-bond donors (Lipinski definition) is 1. The second-order valence-corrected chi connectivity index (χ2v) is 7.16. The number of halogens is 1. The Morgan fingerprint density at radius 3 is 2.67 bits per heavy atom. The molecule has 21 heavy (non-hydrogen) atoms. The average molecular weight is 310 g/mol. The maximum Gasteiger partial charge on any atom is 0.241 e. The molecule has 1 saturated heterocycles. The smallest absolute Gasteiger partial charge is 0.241 e. The lowest BCUT2D eigenvalue weighted by Crippen LogP contribution is -2.36. The zero-order valence-electron chi connectivity index (χ0n) is 13.0. The third-order valence-electron chi connectivity index (χ3n) is 3.89. The maximum absolute atomic E-state index is 13.5. The van der Waals surface area contributed by atoms with Gasteiger partial charge >= 0.3 is 0 Å². The predicted octanol–water partition coefficient (Wildman–Crippen LogP) is 3.03. The molecule has 3 nitrogen and oxygen atoms in total. The van der Waals surface area contributed by atoms with Gasteiger partial charge in [0.15, 0.2) is 0 Å². The summed E-state index contributed by atoms with van der Waals surface area (Å²) < 4.78 is 13.5. The molecule has 1 aliphatic heterocycles. The van der Waals surface area contributed by atoms with E-state index in [1.54, 1.807) is 17.8 Å². The molecule has 0 saturated carbocycles. The van der Waals surface area contributed by atoms with Gasteiger partial charge in [-0.1, -0.05) is 32.9 Å². The van der Waals surface area contributed by atoms with Crippen molar-refractivity contribution >= 4 is 17.7 Å². The number of rotatable bonds is 5. The van der Waals surface area contributed by atoms with Crippen molar-refractivity contribution in [1.82, 2.24) is 10.2 Å². The second-order valence-electron chi connectivity index (χ2n) is 5.88. The van der Waals surface area contributed by atoms with E-state index in [1.165, 1.54) is 12.1 Å². The van der Waals surface area contributed by atoms with Crippen molar-refractivity contribution < 1.29 is 9.18 Å².